The van der Waals surface area contributed by atoms with Gasteiger partial charge < -0.3 is 10.1 Å². The standard InChI is InChI=1S/C26H27N3O2/c1-4-5-6-19-7-9-21(10-8-19)26(30)28-25-24(20-11-13-22(31-3)14-12-20)27-23-17-18(2)15-16-29(23)25/h7-17H,4-6H2,1-3H3,(H,28,30). The minimum absolute atomic E-state index is 0.154. The molecule has 0 radical (unpaired) electrons. The summed E-state index contributed by atoms with van der Waals surface area (Å²) in [6.07, 6.45) is 5.28. The normalized spacial score (nSPS) is 10.9. The van der Waals surface area contributed by atoms with E-state index in [0.29, 0.717) is 11.4 Å². The van der Waals surface area contributed by atoms with Crippen LogP contribution in [0.1, 0.15) is 41.3 Å². The number of ether oxygens (including phenoxy) is 1. The average molecular weight is 414 g/mol. The summed E-state index contributed by atoms with van der Waals surface area (Å²) in [6.45, 7) is 4.21. The first kappa shape index (κ1) is 20.7. The molecule has 0 saturated carbocycles. The van der Waals surface area contributed by atoms with Crippen LogP contribution in [-0.4, -0.2) is 22.4 Å². The van der Waals surface area contributed by atoms with Crippen LogP contribution in [0, 0.1) is 6.92 Å². The van der Waals surface area contributed by atoms with Crippen LogP contribution >= 0.6 is 0 Å². The second kappa shape index (κ2) is 9.04. The van der Waals surface area contributed by atoms with Gasteiger partial charge in [0.25, 0.3) is 5.91 Å². The first-order valence-corrected chi connectivity index (χ1v) is 10.6. The third kappa shape index (κ3) is 4.45. The zero-order valence-electron chi connectivity index (χ0n) is 18.2. The topological polar surface area (TPSA) is 55.6 Å². The van der Waals surface area contributed by atoms with Gasteiger partial charge in [-0.1, -0.05) is 25.5 Å². The molecule has 2 aromatic heterocycles. The molecule has 158 valence electrons. The van der Waals surface area contributed by atoms with E-state index in [4.69, 9.17) is 9.72 Å². The Hall–Kier alpha value is -3.60. The lowest BCUT2D eigenvalue weighted by molar-refractivity contribution is 0.102. The molecule has 0 aliphatic heterocycles. The number of imidazole rings is 1. The molecule has 0 bridgehead atoms. The second-order valence-corrected chi connectivity index (χ2v) is 7.72. The van der Waals surface area contributed by atoms with Crippen LogP contribution in [0.5, 0.6) is 5.75 Å². The zero-order valence-corrected chi connectivity index (χ0v) is 18.2. The van der Waals surface area contributed by atoms with Gasteiger partial charge in [-0.05, 0) is 79.4 Å². The minimum Gasteiger partial charge on any atom is -0.497 e. The lowest BCUT2D eigenvalue weighted by atomic mass is 10.1. The third-order valence-electron chi connectivity index (χ3n) is 5.41. The lowest BCUT2D eigenvalue weighted by Gasteiger charge is -2.09. The molecule has 0 fully saturated rings. The number of fused-ring (bicyclic) bond motifs is 1. The van der Waals surface area contributed by atoms with E-state index >= 15 is 0 Å². The van der Waals surface area contributed by atoms with Crippen LogP contribution in [-0.2, 0) is 6.42 Å². The van der Waals surface area contributed by atoms with Gasteiger partial charge in [0.05, 0.1) is 7.11 Å². The molecule has 0 aliphatic rings. The summed E-state index contributed by atoms with van der Waals surface area (Å²) in [5.41, 5.74) is 5.41. The Morgan fingerprint density at radius 2 is 1.81 bits per heavy atom. The van der Waals surface area contributed by atoms with Crippen molar-refractivity contribution in [1.29, 1.82) is 0 Å². The number of aromatic nitrogens is 2. The summed E-state index contributed by atoms with van der Waals surface area (Å²) in [6, 6.07) is 19.5. The largest absolute Gasteiger partial charge is 0.497 e. The number of pyridine rings is 1. The number of nitrogens with one attached hydrogen (secondary N) is 1. The predicted molar refractivity (Wildman–Crippen MR) is 125 cm³/mol. The van der Waals surface area contributed by atoms with E-state index in [1.54, 1.807) is 7.11 Å². The number of nitrogens with zero attached hydrogens (tertiary/aromatic N) is 2. The SMILES string of the molecule is CCCCc1ccc(C(=O)Nc2c(-c3ccc(OC)cc3)nc3cc(C)ccn23)cc1. The molecule has 31 heavy (non-hydrogen) atoms. The monoisotopic (exact) mass is 413 g/mol. The van der Waals surface area contributed by atoms with E-state index in [0.717, 1.165) is 47.5 Å². The highest BCUT2D eigenvalue weighted by molar-refractivity contribution is 6.05. The van der Waals surface area contributed by atoms with Crippen molar-refractivity contribution in [2.45, 2.75) is 33.1 Å². The maximum Gasteiger partial charge on any atom is 0.256 e. The fourth-order valence-electron chi connectivity index (χ4n) is 3.60. The molecule has 5 heteroatoms. The summed E-state index contributed by atoms with van der Waals surface area (Å²) >= 11 is 0. The molecule has 0 aliphatic carbocycles. The Balaban J connectivity index is 1.69. The molecule has 4 aromatic rings. The van der Waals surface area contributed by atoms with E-state index in [1.807, 2.05) is 78.2 Å². The quantitative estimate of drug-likeness (QED) is 0.410. The van der Waals surface area contributed by atoms with Gasteiger partial charge in [0.2, 0.25) is 0 Å². The number of methoxy groups -OCH3 is 1. The summed E-state index contributed by atoms with van der Waals surface area (Å²) < 4.78 is 7.19. The molecular weight excluding hydrogens is 386 g/mol. The Kier molecular flexibility index (Phi) is 6.03. The molecule has 2 heterocycles. The highest BCUT2D eigenvalue weighted by atomic mass is 16.5. The van der Waals surface area contributed by atoms with Gasteiger partial charge in [0.15, 0.2) is 0 Å². The van der Waals surface area contributed by atoms with Crippen LogP contribution < -0.4 is 10.1 Å². The van der Waals surface area contributed by atoms with Crippen molar-refractivity contribution in [3.8, 4) is 17.0 Å². The van der Waals surface area contributed by atoms with Crippen LogP contribution in [0.4, 0.5) is 5.82 Å². The number of unbranched alkanes of at least 4 members (excludes halogenated alkanes) is 1. The van der Waals surface area contributed by atoms with Gasteiger partial charge in [0.1, 0.15) is 22.9 Å². The highest BCUT2D eigenvalue weighted by Crippen LogP contribution is 2.30. The molecule has 1 N–H and O–H groups in total. The van der Waals surface area contributed by atoms with Crippen molar-refractivity contribution in [3.63, 3.8) is 0 Å². The number of hydrogen-bond acceptors (Lipinski definition) is 3. The van der Waals surface area contributed by atoms with Gasteiger partial charge in [-0.15, -0.1) is 0 Å². The summed E-state index contributed by atoms with van der Waals surface area (Å²) in [7, 11) is 1.64. The van der Waals surface area contributed by atoms with Crippen molar-refractivity contribution < 1.29 is 9.53 Å². The Bertz CT molecular complexity index is 1190. The van der Waals surface area contributed by atoms with Crippen molar-refractivity contribution in [2.75, 3.05) is 12.4 Å². The molecule has 1 amide bonds. The summed E-state index contributed by atoms with van der Waals surface area (Å²) in [5, 5.41) is 3.09. The fraction of sp³-hybridized carbons (Fsp3) is 0.231. The Morgan fingerprint density at radius 1 is 1.06 bits per heavy atom. The molecule has 4 rings (SSSR count). The molecule has 0 atom stereocenters. The van der Waals surface area contributed by atoms with Gasteiger partial charge in [-0.25, -0.2) is 4.98 Å². The number of anilines is 1. The predicted octanol–water partition coefficient (Wildman–Crippen LogP) is 5.91. The van der Waals surface area contributed by atoms with E-state index < -0.39 is 0 Å². The first-order chi connectivity index (χ1) is 15.1. The number of rotatable bonds is 7. The number of benzene rings is 2. The summed E-state index contributed by atoms with van der Waals surface area (Å²) in [4.78, 5) is 17.9. The van der Waals surface area contributed by atoms with Crippen LogP contribution in [0.15, 0.2) is 66.9 Å². The molecule has 2 aromatic carbocycles. The van der Waals surface area contributed by atoms with Gasteiger partial charge in [-0.2, -0.15) is 0 Å². The summed E-state index contributed by atoms with van der Waals surface area (Å²) in [5.74, 6) is 1.27. The van der Waals surface area contributed by atoms with Gasteiger partial charge >= 0.3 is 0 Å². The highest BCUT2D eigenvalue weighted by Gasteiger charge is 2.17. The molecule has 0 saturated heterocycles. The van der Waals surface area contributed by atoms with Crippen molar-refractivity contribution in [3.05, 3.63) is 83.6 Å². The number of aryl methyl sites for hydroxylation is 2. The molecule has 0 spiro atoms. The average Bonchev–Trinajstić information content (AvgIpc) is 3.15. The van der Waals surface area contributed by atoms with E-state index in [1.165, 1.54) is 5.56 Å². The smallest absolute Gasteiger partial charge is 0.256 e. The van der Waals surface area contributed by atoms with Gasteiger partial charge in [-0.3, -0.25) is 9.20 Å². The zero-order chi connectivity index (χ0) is 21.8. The number of amides is 1. The van der Waals surface area contributed by atoms with E-state index in [-0.39, 0.29) is 5.91 Å². The van der Waals surface area contributed by atoms with Crippen LogP contribution in [0.3, 0.4) is 0 Å². The van der Waals surface area contributed by atoms with E-state index in [9.17, 15) is 4.79 Å². The third-order valence-corrected chi connectivity index (χ3v) is 5.41. The number of carbonyl (C=O) groups is 1. The molecule has 0 unspecified atom stereocenters. The maximum absolute atomic E-state index is 13.1. The molecule has 5 nitrogen and oxygen atoms in total. The van der Waals surface area contributed by atoms with Crippen molar-refractivity contribution in [2.24, 2.45) is 0 Å². The van der Waals surface area contributed by atoms with Crippen molar-refractivity contribution in [1.82, 2.24) is 9.38 Å². The molecular formula is C26H27N3O2. The first-order valence-electron chi connectivity index (χ1n) is 10.6. The lowest BCUT2D eigenvalue weighted by Crippen LogP contribution is -2.14. The van der Waals surface area contributed by atoms with Crippen molar-refractivity contribution >= 4 is 17.4 Å². The Morgan fingerprint density at radius 3 is 2.48 bits per heavy atom. The second-order valence-electron chi connectivity index (χ2n) is 7.72. The van der Waals surface area contributed by atoms with Crippen LogP contribution in [0.2, 0.25) is 0 Å². The maximum atomic E-state index is 13.1. The van der Waals surface area contributed by atoms with E-state index in [2.05, 4.69) is 12.2 Å². The fourth-order valence-corrected chi connectivity index (χ4v) is 3.60. The minimum atomic E-state index is -0.154. The van der Waals surface area contributed by atoms with Crippen LogP contribution in [0.25, 0.3) is 16.9 Å². The van der Waals surface area contributed by atoms with Gasteiger partial charge in [0, 0.05) is 17.3 Å². The number of hydrogen-bond donors (Lipinski definition) is 1. The Labute approximate surface area is 182 Å². The number of carbonyl (C=O) groups excluding carboxylic acids is 1.